The first-order valence-corrected chi connectivity index (χ1v) is 4.87. The van der Waals surface area contributed by atoms with E-state index in [2.05, 4.69) is 27.1 Å². The van der Waals surface area contributed by atoms with Gasteiger partial charge in [-0.3, -0.25) is 9.98 Å². The van der Waals surface area contributed by atoms with Gasteiger partial charge in [0.15, 0.2) is 0 Å². The quantitative estimate of drug-likeness (QED) is 0.677. The average Bonchev–Trinajstić information content (AvgIpc) is 2.29. The standard InChI is InChI=1S/C11H12N4/c1-9-8-13-7-4-11(9)15-14-10-2-5-12-6-3-10/h2-9,11H,1H3. The number of hydrogen-bond acceptors (Lipinski definition) is 4. The van der Waals surface area contributed by atoms with Crippen LogP contribution in [0.4, 0.5) is 5.69 Å². The van der Waals surface area contributed by atoms with Crippen molar-refractivity contribution >= 4 is 11.9 Å². The van der Waals surface area contributed by atoms with E-state index in [0.717, 1.165) is 5.69 Å². The van der Waals surface area contributed by atoms with Crippen molar-refractivity contribution < 1.29 is 0 Å². The van der Waals surface area contributed by atoms with Gasteiger partial charge >= 0.3 is 0 Å². The minimum Gasteiger partial charge on any atom is -0.269 e. The summed E-state index contributed by atoms with van der Waals surface area (Å²) in [7, 11) is 0. The van der Waals surface area contributed by atoms with Crippen molar-refractivity contribution in [2.45, 2.75) is 13.0 Å². The van der Waals surface area contributed by atoms with Gasteiger partial charge < -0.3 is 0 Å². The van der Waals surface area contributed by atoms with Crippen LogP contribution in [0.15, 0.2) is 52.0 Å². The molecule has 0 amide bonds. The highest BCUT2D eigenvalue weighted by atomic mass is 15.1. The molecule has 76 valence electrons. The van der Waals surface area contributed by atoms with Crippen LogP contribution in [-0.2, 0) is 0 Å². The molecular weight excluding hydrogens is 188 g/mol. The molecule has 15 heavy (non-hydrogen) atoms. The van der Waals surface area contributed by atoms with E-state index in [4.69, 9.17) is 0 Å². The summed E-state index contributed by atoms with van der Waals surface area (Å²) in [5.74, 6) is 0.306. The number of azo groups is 1. The summed E-state index contributed by atoms with van der Waals surface area (Å²) in [5, 5.41) is 8.41. The van der Waals surface area contributed by atoms with Crippen LogP contribution < -0.4 is 0 Å². The van der Waals surface area contributed by atoms with E-state index in [9.17, 15) is 0 Å². The van der Waals surface area contributed by atoms with Gasteiger partial charge in [-0.1, -0.05) is 6.92 Å². The SMILES string of the molecule is CC1C=NC=CC1N=Nc1ccncc1. The van der Waals surface area contributed by atoms with Crippen molar-refractivity contribution in [3.8, 4) is 0 Å². The highest BCUT2D eigenvalue weighted by Gasteiger charge is 2.13. The maximum Gasteiger partial charge on any atom is 0.0985 e. The van der Waals surface area contributed by atoms with Gasteiger partial charge in [0.1, 0.15) is 0 Å². The molecule has 0 bridgehead atoms. The fraction of sp³-hybridized carbons (Fsp3) is 0.273. The zero-order chi connectivity index (χ0) is 10.5. The molecule has 0 saturated heterocycles. The van der Waals surface area contributed by atoms with Gasteiger partial charge in [-0.05, 0) is 18.2 Å². The molecule has 0 aromatic carbocycles. The molecular formula is C11H12N4. The smallest absolute Gasteiger partial charge is 0.0985 e. The molecule has 2 unspecified atom stereocenters. The minimum atomic E-state index is 0.0932. The number of rotatable bonds is 2. The van der Waals surface area contributed by atoms with Crippen LogP contribution in [0.1, 0.15) is 6.92 Å². The highest BCUT2D eigenvalue weighted by molar-refractivity contribution is 5.64. The van der Waals surface area contributed by atoms with E-state index in [0.29, 0.717) is 5.92 Å². The maximum atomic E-state index is 4.25. The molecule has 2 rings (SSSR count). The van der Waals surface area contributed by atoms with Crippen LogP contribution in [0.2, 0.25) is 0 Å². The lowest BCUT2D eigenvalue weighted by Gasteiger charge is -2.13. The van der Waals surface area contributed by atoms with Crippen molar-refractivity contribution in [2.75, 3.05) is 0 Å². The first-order chi connectivity index (χ1) is 7.36. The van der Waals surface area contributed by atoms with Gasteiger partial charge in [0.05, 0.1) is 11.7 Å². The third-order valence-corrected chi connectivity index (χ3v) is 2.20. The Labute approximate surface area is 88.5 Å². The molecule has 0 spiro atoms. The molecule has 4 heteroatoms. The summed E-state index contributed by atoms with van der Waals surface area (Å²) in [6.07, 6.45) is 9.01. The second-order valence-corrected chi connectivity index (χ2v) is 3.41. The number of aromatic nitrogens is 1. The zero-order valence-electron chi connectivity index (χ0n) is 8.49. The Morgan fingerprint density at radius 2 is 2.07 bits per heavy atom. The monoisotopic (exact) mass is 200 g/mol. The largest absolute Gasteiger partial charge is 0.269 e. The van der Waals surface area contributed by atoms with E-state index < -0.39 is 0 Å². The molecule has 0 radical (unpaired) electrons. The molecule has 1 aliphatic rings. The summed E-state index contributed by atoms with van der Waals surface area (Å²) in [4.78, 5) is 7.96. The van der Waals surface area contributed by atoms with Gasteiger partial charge in [0, 0.05) is 30.7 Å². The van der Waals surface area contributed by atoms with E-state index in [1.165, 1.54) is 0 Å². The van der Waals surface area contributed by atoms with Crippen LogP contribution >= 0.6 is 0 Å². The molecule has 1 aromatic heterocycles. The fourth-order valence-corrected chi connectivity index (χ4v) is 1.27. The fourth-order valence-electron chi connectivity index (χ4n) is 1.27. The molecule has 0 aliphatic carbocycles. The lowest BCUT2D eigenvalue weighted by atomic mass is 10.0. The number of nitrogens with zero attached hydrogens (tertiary/aromatic N) is 4. The van der Waals surface area contributed by atoms with Crippen LogP contribution in [0.3, 0.4) is 0 Å². The molecule has 4 nitrogen and oxygen atoms in total. The summed E-state index contributed by atoms with van der Waals surface area (Å²) in [5.41, 5.74) is 0.827. The number of hydrogen-bond donors (Lipinski definition) is 0. The predicted octanol–water partition coefficient (Wildman–Crippen LogP) is 2.77. The first-order valence-electron chi connectivity index (χ1n) is 4.87. The Balaban J connectivity index is 2.06. The topological polar surface area (TPSA) is 50.0 Å². The van der Waals surface area contributed by atoms with Crippen LogP contribution in [0.5, 0.6) is 0 Å². The van der Waals surface area contributed by atoms with Gasteiger partial charge in [-0.25, -0.2) is 0 Å². The van der Waals surface area contributed by atoms with Gasteiger partial charge in [-0.2, -0.15) is 10.2 Å². The summed E-state index contributed by atoms with van der Waals surface area (Å²) < 4.78 is 0. The van der Waals surface area contributed by atoms with Crippen molar-refractivity contribution in [1.82, 2.24) is 4.98 Å². The van der Waals surface area contributed by atoms with Crippen LogP contribution in [-0.4, -0.2) is 17.2 Å². The second-order valence-electron chi connectivity index (χ2n) is 3.41. The van der Waals surface area contributed by atoms with E-state index in [1.54, 1.807) is 18.6 Å². The minimum absolute atomic E-state index is 0.0932. The molecule has 1 aromatic rings. The molecule has 2 atom stereocenters. The number of pyridine rings is 1. The Morgan fingerprint density at radius 3 is 2.80 bits per heavy atom. The molecule has 0 N–H and O–H groups in total. The summed E-state index contributed by atoms with van der Waals surface area (Å²) in [6, 6.07) is 3.75. The van der Waals surface area contributed by atoms with E-state index in [-0.39, 0.29) is 6.04 Å². The lowest BCUT2D eigenvalue weighted by Crippen LogP contribution is -2.15. The Bertz CT molecular complexity index is 394. The van der Waals surface area contributed by atoms with E-state index >= 15 is 0 Å². The average molecular weight is 200 g/mol. The van der Waals surface area contributed by atoms with Crippen LogP contribution in [0, 0.1) is 5.92 Å². The predicted molar refractivity (Wildman–Crippen MR) is 59.3 cm³/mol. The first kappa shape index (κ1) is 9.71. The molecule has 2 heterocycles. The Hall–Kier alpha value is -1.84. The Kier molecular flexibility index (Phi) is 2.97. The molecule has 0 fully saturated rings. The number of aliphatic imine (C=N–C) groups is 1. The van der Waals surface area contributed by atoms with Crippen molar-refractivity contribution in [2.24, 2.45) is 21.1 Å². The summed E-state index contributed by atoms with van der Waals surface area (Å²) >= 11 is 0. The highest BCUT2D eigenvalue weighted by Crippen LogP contribution is 2.15. The normalized spacial score (nSPS) is 24.9. The van der Waals surface area contributed by atoms with Gasteiger partial charge in [0.2, 0.25) is 0 Å². The van der Waals surface area contributed by atoms with Crippen molar-refractivity contribution in [3.05, 3.63) is 36.8 Å². The second kappa shape index (κ2) is 4.59. The lowest BCUT2D eigenvalue weighted by molar-refractivity contribution is 0.642. The van der Waals surface area contributed by atoms with E-state index in [1.807, 2.05) is 24.4 Å². The third kappa shape index (κ3) is 2.56. The zero-order valence-corrected chi connectivity index (χ0v) is 8.49. The van der Waals surface area contributed by atoms with Crippen molar-refractivity contribution in [1.29, 1.82) is 0 Å². The molecule has 0 saturated carbocycles. The van der Waals surface area contributed by atoms with Crippen molar-refractivity contribution in [3.63, 3.8) is 0 Å². The molecule has 1 aliphatic heterocycles. The third-order valence-electron chi connectivity index (χ3n) is 2.20. The Morgan fingerprint density at radius 1 is 1.27 bits per heavy atom. The summed E-state index contributed by atoms with van der Waals surface area (Å²) in [6.45, 7) is 2.07. The van der Waals surface area contributed by atoms with Crippen LogP contribution in [0.25, 0.3) is 0 Å². The van der Waals surface area contributed by atoms with Gasteiger partial charge in [0.25, 0.3) is 0 Å². The van der Waals surface area contributed by atoms with Gasteiger partial charge in [-0.15, -0.1) is 0 Å². The maximum absolute atomic E-state index is 4.25.